The number of rotatable bonds is 8. The number of guanidine groups is 1. The third kappa shape index (κ3) is 7.53. The summed E-state index contributed by atoms with van der Waals surface area (Å²) in [6.07, 6.45) is 13.0. The van der Waals surface area contributed by atoms with Crippen LogP contribution >= 0.6 is 0 Å². The Labute approximate surface area is 171 Å². The molecule has 28 heavy (non-hydrogen) atoms. The van der Waals surface area contributed by atoms with Crippen LogP contribution in [0.15, 0.2) is 4.99 Å². The van der Waals surface area contributed by atoms with Crippen LogP contribution in [0.3, 0.4) is 0 Å². The van der Waals surface area contributed by atoms with Crippen LogP contribution < -0.4 is 10.6 Å². The second-order valence-corrected chi connectivity index (χ2v) is 8.54. The molecule has 0 bridgehead atoms. The van der Waals surface area contributed by atoms with Crippen LogP contribution in [-0.2, 0) is 9.47 Å². The lowest BCUT2D eigenvalue weighted by molar-refractivity contribution is -0.0318. The number of likely N-dealkylation sites (tertiary alicyclic amines) is 1. The molecule has 0 aromatic heterocycles. The van der Waals surface area contributed by atoms with Gasteiger partial charge in [0.1, 0.15) is 0 Å². The molecule has 2 N–H and O–H groups in total. The average molecular weight is 395 g/mol. The maximum atomic E-state index is 5.95. The summed E-state index contributed by atoms with van der Waals surface area (Å²) in [4.78, 5) is 7.52. The quantitative estimate of drug-likeness (QED) is 0.377. The van der Waals surface area contributed by atoms with E-state index in [-0.39, 0.29) is 0 Å². The molecule has 0 unspecified atom stereocenters. The lowest BCUT2D eigenvalue weighted by atomic mass is 9.92. The summed E-state index contributed by atoms with van der Waals surface area (Å²) in [5.41, 5.74) is 0. The highest BCUT2D eigenvalue weighted by molar-refractivity contribution is 5.80. The van der Waals surface area contributed by atoms with E-state index in [1.54, 1.807) is 0 Å². The standard InChI is InChI=1S/C22H42N4O2/c1-2-23-22(24-13-6-16-28-21-11-17-27-18-12-21)25-19-9-14-26(15-10-19)20-7-4-3-5-8-20/h19-21H,2-18H2,1H3,(H2,23,24,25). The summed E-state index contributed by atoms with van der Waals surface area (Å²) in [7, 11) is 0. The number of nitrogens with zero attached hydrogens (tertiary/aromatic N) is 2. The van der Waals surface area contributed by atoms with E-state index in [1.165, 1.54) is 58.0 Å². The molecule has 6 heteroatoms. The zero-order valence-corrected chi connectivity index (χ0v) is 18.0. The maximum absolute atomic E-state index is 5.95. The van der Waals surface area contributed by atoms with E-state index in [0.29, 0.717) is 12.1 Å². The smallest absolute Gasteiger partial charge is 0.191 e. The van der Waals surface area contributed by atoms with Crippen molar-refractivity contribution < 1.29 is 9.47 Å². The van der Waals surface area contributed by atoms with Crippen LogP contribution in [0.2, 0.25) is 0 Å². The Bertz CT molecular complexity index is 440. The van der Waals surface area contributed by atoms with Crippen molar-refractivity contribution in [3.05, 3.63) is 0 Å². The van der Waals surface area contributed by atoms with Gasteiger partial charge in [-0.2, -0.15) is 0 Å². The number of piperidine rings is 1. The molecule has 1 aliphatic carbocycles. The van der Waals surface area contributed by atoms with Crippen LogP contribution in [0.5, 0.6) is 0 Å². The largest absolute Gasteiger partial charge is 0.381 e. The summed E-state index contributed by atoms with van der Waals surface area (Å²) in [6.45, 7) is 8.82. The molecule has 0 spiro atoms. The van der Waals surface area contributed by atoms with Gasteiger partial charge in [0.2, 0.25) is 0 Å². The van der Waals surface area contributed by atoms with Gasteiger partial charge in [-0.3, -0.25) is 4.99 Å². The Kier molecular flexibility index (Phi) is 9.88. The molecule has 2 saturated heterocycles. The fourth-order valence-corrected chi connectivity index (χ4v) is 4.72. The van der Waals surface area contributed by atoms with Gasteiger partial charge in [0.15, 0.2) is 5.96 Å². The predicted molar refractivity (Wildman–Crippen MR) is 115 cm³/mol. The molecule has 2 heterocycles. The van der Waals surface area contributed by atoms with Crippen molar-refractivity contribution in [3.8, 4) is 0 Å². The van der Waals surface area contributed by atoms with Gasteiger partial charge in [0.25, 0.3) is 0 Å². The van der Waals surface area contributed by atoms with E-state index < -0.39 is 0 Å². The number of aliphatic imine (C=N–C) groups is 1. The lowest BCUT2D eigenvalue weighted by Gasteiger charge is -2.39. The lowest BCUT2D eigenvalue weighted by Crippen LogP contribution is -2.51. The van der Waals surface area contributed by atoms with Crippen LogP contribution in [0.1, 0.15) is 71.1 Å². The molecule has 1 saturated carbocycles. The second kappa shape index (κ2) is 12.7. The number of hydrogen-bond acceptors (Lipinski definition) is 4. The van der Waals surface area contributed by atoms with Gasteiger partial charge < -0.3 is 25.0 Å². The first kappa shape index (κ1) is 21.8. The van der Waals surface area contributed by atoms with E-state index >= 15 is 0 Å². The molecule has 162 valence electrons. The summed E-state index contributed by atoms with van der Waals surface area (Å²) in [6, 6.07) is 1.41. The van der Waals surface area contributed by atoms with Gasteiger partial charge >= 0.3 is 0 Å². The number of hydrogen-bond donors (Lipinski definition) is 2. The predicted octanol–water partition coefficient (Wildman–Crippen LogP) is 2.92. The Morgan fingerprint density at radius 2 is 1.79 bits per heavy atom. The first-order valence-electron chi connectivity index (χ1n) is 11.8. The fraction of sp³-hybridized carbons (Fsp3) is 0.955. The summed E-state index contributed by atoms with van der Waals surface area (Å²) in [5, 5.41) is 7.09. The zero-order valence-electron chi connectivity index (χ0n) is 18.0. The Morgan fingerprint density at radius 1 is 1.04 bits per heavy atom. The summed E-state index contributed by atoms with van der Waals surface area (Å²) >= 11 is 0. The van der Waals surface area contributed by atoms with Crippen LogP contribution in [-0.4, -0.2) is 75.0 Å². The number of ether oxygens (including phenoxy) is 2. The minimum absolute atomic E-state index is 0.387. The normalized spacial score (nSPS) is 24.4. The Morgan fingerprint density at radius 3 is 2.50 bits per heavy atom. The van der Waals surface area contributed by atoms with Crippen molar-refractivity contribution in [2.24, 2.45) is 4.99 Å². The van der Waals surface area contributed by atoms with Gasteiger partial charge in [-0.15, -0.1) is 0 Å². The minimum Gasteiger partial charge on any atom is -0.381 e. The Balaban J connectivity index is 1.32. The average Bonchev–Trinajstić information content (AvgIpc) is 2.75. The van der Waals surface area contributed by atoms with E-state index in [9.17, 15) is 0 Å². The molecule has 2 aliphatic heterocycles. The van der Waals surface area contributed by atoms with E-state index in [1.807, 2.05) is 0 Å². The summed E-state index contributed by atoms with van der Waals surface area (Å²) in [5.74, 6) is 0.977. The maximum Gasteiger partial charge on any atom is 0.191 e. The SMILES string of the molecule is CCNC(=NCCCOC1CCOCC1)NC1CCN(C2CCCCC2)CC1. The minimum atomic E-state index is 0.387. The van der Waals surface area contributed by atoms with Crippen molar-refractivity contribution >= 4 is 5.96 Å². The first-order chi connectivity index (χ1) is 13.8. The molecule has 0 aromatic rings. The van der Waals surface area contributed by atoms with Gasteiger partial charge in [0.05, 0.1) is 6.10 Å². The van der Waals surface area contributed by atoms with Crippen LogP contribution in [0.25, 0.3) is 0 Å². The molecular weight excluding hydrogens is 352 g/mol. The highest BCUT2D eigenvalue weighted by Crippen LogP contribution is 2.25. The third-order valence-corrected chi connectivity index (χ3v) is 6.40. The molecule has 3 aliphatic rings. The second-order valence-electron chi connectivity index (χ2n) is 8.54. The zero-order chi connectivity index (χ0) is 19.4. The third-order valence-electron chi connectivity index (χ3n) is 6.40. The van der Waals surface area contributed by atoms with Crippen molar-refractivity contribution in [2.45, 2.75) is 89.3 Å². The van der Waals surface area contributed by atoms with Crippen molar-refractivity contribution in [3.63, 3.8) is 0 Å². The van der Waals surface area contributed by atoms with Gasteiger partial charge in [0, 0.05) is 58.1 Å². The van der Waals surface area contributed by atoms with E-state index in [4.69, 9.17) is 14.5 Å². The fourth-order valence-electron chi connectivity index (χ4n) is 4.72. The molecule has 6 nitrogen and oxygen atoms in total. The van der Waals surface area contributed by atoms with Crippen molar-refractivity contribution in [2.75, 3.05) is 46.0 Å². The molecule has 0 amide bonds. The summed E-state index contributed by atoms with van der Waals surface area (Å²) < 4.78 is 11.3. The highest BCUT2D eigenvalue weighted by Gasteiger charge is 2.26. The van der Waals surface area contributed by atoms with Crippen molar-refractivity contribution in [1.29, 1.82) is 0 Å². The highest BCUT2D eigenvalue weighted by atomic mass is 16.5. The van der Waals surface area contributed by atoms with Gasteiger partial charge in [-0.1, -0.05) is 19.3 Å². The van der Waals surface area contributed by atoms with Crippen LogP contribution in [0, 0.1) is 0 Å². The van der Waals surface area contributed by atoms with Gasteiger partial charge in [-0.05, 0) is 51.9 Å². The molecule has 3 fully saturated rings. The first-order valence-corrected chi connectivity index (χ1v) is 11.8. The van der Waals surface area contributed by atoms with Gasteiger partial charge in [-0.25, -0.2) is 0 Å². The molecule has 0 aromatic carbocycles. The molecule has 3 rings (SSSR count). The molecule has 0 atom stereocenters. The van der Waals surface area contributed by atoms with E-state index in [0.717, 1.165) is 64.2 Å². The molecule has 0 radical (unpaired) electrons. The van der Waals surface area contributed by atoms with Crippen LogP contribution in [0.4, 0.5) is 0 Å². The van der Waals surface area contributed by atoms with Crippen molar-refractivity contribution in [1.82, 2.24) is 15.5 Å². The van der Waals surface area contributed by atoms with E-state index in [2.05, 4.69) is 22.5 Å². The Hall–Kier alpha value is -0.850. The number of nitrogens with one attached hydrogen (secondary N) is 2. The molecular formula is C22H42N4O2. The topological polar surface area (TPSA) is 58.1 Å². The monoisotopic (exact) mass is 394 g/mol.